The molecular formula is C17H22N6O. The van der Waals surface area contributed by atoms with Gasteiger partial charge in [-0.15, -0.1) is 0 Å². The van der Waals surface area contributed by atoms with E-state index in [1.54, 1.807) is 12.4 Å². The van der Waals surface area contributed by atoms with Crippen LogP contribution in [0.3, 0.4) is 0 Å². The first kappa shape index (κ1) is 16.3. The summed E-state index contributed by atoms with van der Waals surface area (Å²) in [5, 5.41) is 0. The number of carbonyl (C=O) groups is 1. The van der Waals surface area contributed by atoms with Gasteiger partial charge in [-0.2, -0.15) is 0 Å². The molecule has 1 aliphatic heterocycles. The lowest BCUT2D eigenvalue weighted by Crippen LogP contribution is -2.44. The molecular weight excluding hydrogens is 304 g/mol. The second kappa shape index (κ2) is 6.14. The molecule has 0 aliphatic carbocycles. The van der Waals surface area contributed by atoms with Gasteiger partial charge in [0.2, 0.25) is 0 Å². The van der Waals surface area contributed by atoms with Crippen molar-refractivity contribution in [2.45, 2.75) is 32.2 Å². The van der Waals surface area contributed by atoms with Crippen LogP contribution in [-0.4, -0.2) is 51.4 Å². The van der Waals surface area contributed by atoms with Gasteiger partial charge in [0.1, 0.15) is 17.7 Å². The number of aryl methyl sites for hydroxylation is 1. The Balaban J connectivity index is 2.01. The highest BCUT2D eigenvalue weighted by Crippen LogP contribution is 2.38. The molecule has 7 heteroatoms. The minimum atomic E-state index is -0.524. The Morgan fingerprint density at radius 3 is 2.62 bits per heavy atom. The zero-order valence-electron chi connectivity index (χ0n) is 14.5. The van der Waals surface area contributed by atoms with Crippen molar-refractivity contribution < 1.29 is 4.79 Å². The number of anilines is 1. The molecule has 1 saturated heterocycles. The van der Waals surface area contributed by atoms with Crippen molar-refractivity contribution in [3.63, 3.8) is 0 Å². The number of rotatable bonds is 3. The predicted molar refractivity (Wildman–Crippen MR) is 90.8 cm³/mol. The molecule has 2 aromatic heterocycles. The first-order valence-electron chi connectivity index (χ1n) is 8.02. The highest BCUT2D eigenvalue weighted by Gasteiger charge is 2.44. The van der Waals surface area contributed by atoms with E-state index in [9.17, 15) is 4.79 Å². The fourth-order valence-corrected chi connectivity index (χ4v) is 3.11. The zero-order chi connectivity index (χ0) is 17.3. The van der Waals surface area contributed by atoms with E-state index in [4.69, 9.17) is 4.98 Å². The van der Waals surface area contributed by atoms with E-state index in [1.807, 2.05) is 43.8 Å². The highest BCUT2D eigenvalue weighted by molar-refractivity contribution is 5.94. The van der Waals surface area contributed by atoms with Crippen molar-refractivity contribution in [2.75, 3.05) is 25.5 Å². The van der Waals surface area contributed by atoms with Gasteiger partial charge >= 0.3 is 0 Å². The summed E-state index contributed by atoms with van der Waals surface area (Å²) in [6, 6.07) is 1.94. The summed E-state index contributed by atoms with van der Waals surface area (Å²) in [5.41, 5.74) is 0.863. The second-order valence-electron chi connectivity index (χ2n) is 6.55. The van der Waals surface area contributed by atoms with E-state index >= 15 is 0 Å². The molecule has 0 N–H and O–H groups in total. The maximum absolute atomic E-state index is 12.9. The van der Waals surface area contributed by atoms with Crippen molar-refractivity contribution in [3.8, 4) is 0 Å². The zero-order valence-corrected chi connectivity index (χ0v) is 14.5. The molecule has 0 radical (unpaired) electrons. The van der Waals surface area contributed by atoms with E-state index in [1.165, 1.54) is 6.33 Å². The Hall–Kier alpha value is -2.57. The molecule has 24 heavy (non-hydrogen) atoms. The van der Waals surface area contributed by atoms with Crippen LogP contribution in [0, 0.1) is 6.92 Å². The molecule has 7 nitrogen and oxygen atoms in total. The van der Waals surface area contributed by atoms with Crippen molar-refractivity contribution in [3.05, 3.63) is 41.9 Å². The van der Waals surface area contributed by atoms with E-state index < -0.39 is 5.54 Å². The summed E-state index contributed by atoms with van der Waals surface area (Å²) in [4.78, 5) is 34.0. The number of hydrogen-bond acceptors (Lipinski definition) is 6. The molecule has 3 rings (SSSR count). The Labute approximate surface area is 141 Å². The average Bonchev–Trinajstić information content (AvgIpc) is 2.97. The SMILES string of the molecule is Cc1cc(N(C)C)nc(C2(C)CCCN2C(=O)c2cncnc2)n1. The predicted octanol–water partition coefficient (Wildman–Crippen LogP) is 1.79. The van der Waals surface area contributed by atoms with Gasteiger partial charge in [-0.25, -0.2) is 19.9 Å². The van der Waals surface area contributed by atoms with Gasteiger partial charge in [0.25, 0.3) is 5.91 Å². The van der Waals surface area contributed by atoms with E-state index in [0.717, 1.165) is 24.4 Å². The number of likely N-dealkylation sites (tertiary alicyclic amines) is 1. The summed E-state index contributed by atoms with van der Waals surface area (Å²) >= 11 is 0. The molecule has 0 spiro atoms. The Morgan fingerprint density at radius 1 is 1.25 bits per heavy atom. The Morgan fingerprint density at radius 2 is 1.96 bits per heavy atom. The fourth-order valence-electron chi connectivity index (χ4n) is 3.11. The van der Waals surface area contributed by atoms with E-state index in [2.05, 4.69) is 15.0 Å². The van der Waals surface area contributed by atoms with Crippen molar-refractivity contribution in [1.82, 2.24) is 24.8 Å². The summed E-state index contributed by atoms with van der Waals surface area (Å²) in [7, 11) is 3.90. The first-order valence-corrected chi connectivity index (χ1v) is 8.02. The van der Waals surface area contributed by atoms with Gasteiger partial charge in [-0.05, 0) is 26.7 Å². The fraction of sp³-hybridized carbons (Fsp3) is 0.471. The Kier molecular flexibility index (Phi) is 4.17. The summed E-state index contributed by atoms with van der Waals surface area (Å²) in [6.45, 7) is 4.67. The quantitative estimate of drug-likeness (QED) is 0.856. The summed E-state index contributed by atoms with van der Waals surface area (Å²) in [6.07, 6.45) is 6.28. The van der Waals surface area contributed by atoms with Gasteiger partial charge in [0.05, 0.1) is 5.56 Å². The van der Waals surface area contributed by atoms with Gasteiger partial charge < -0.3 is 9.80 Å². The lowest BCUT2D eigenvalue weighted by Gasteiger charge is -2.34. The third-order valence-electron chi connectivity index (χ3n) is 4.47. The van der Waals surface area contributed by atoms with E-state index in [-0.39, 0.29) is 5.91 Å². The second-order valence-corrected chi connectivity index (χ2v) is 6.55. The third kappa shape index (κ3) is 2.81. The van der Waals surface area contributed by atoms with Gasteiger partial charge in [-0.1, -0.05) is 0 Å². The van der Waals surface area contributed by atoms with Crippen LogP contribution in [0.5, 0.6) is 0 Å². The largest absolute Gasteiger partial charge is 0.363 e. The lowest BCUT2D eigenvalue weighted by molar-refractivity contribution is 0.0603. The number of amides is 1. The number of aromatic nitrogens is 4. The molecule has 0 aromatic carbocycles. The molecule has 1 unspecified atom stereocenters. The van der Waals surface area contributed by atoms with Gasteiger partial charge in [0, 0.05) is 44.8 Å². The van der Waals surface area contributed by atoms with Crippen LogP contribution in [-0.2, 0) is 5.54 Å². The monoisotopic (exact) mass is 326 g/mol. The minimum absolute atomic E-state index is 0.0768. The highest BCUT2D eigenvalue weighted by atomic mass is 16.2. The molecule has 3 heterocycles. The normalized spacial score (nSPS) is 20.2. The maximum atomic E-state index is 12.9. The molecule has 0 bridgehead atoms. The van der Waals surface area contributed by atoms with Crippen LogP contribution in [0.2, 0.25) is 0 Å². The summed E-state index contributed by atoms with van der Waals surface area (Å²) in [5.74, 6) is 1.46. The molecule has 0 saturated carbocycles. The van der Waals surface area contributed by atoms with Crippen LogP contribution in [0.15, 0.2) is 24.8 Å². The molecule has 126 valence electrons. The summed E-state index contributed by atoms with van der Waals surface area (Å²) < 4.78 is 0. The Bertz CT molecular complexity index is 748. The van der Waals surface area contributed by atoms with Crippen LogP contribution >= 0.6 is 0 Å². The van der Waals surface area contributed by atoms with E-state index in [0.29, 0.717) is 17.9 Å². The standard InChI is InChI=1S/C17H22N6O/c1-12-8-14(22(3)4)21-16(20-12)17(2)6-5-7-23(17)15(24)13-9-18-11-19-10-13/h8-11H,5-7H2,1-4H3. The maximum Gasteiger partial charge on any atom is 0.257 e. The van der Waals surface area contributed by atoms with Crippen LogP contribution in [0.1, 0.15) is 41.6 Å². The van der Waals surface area contributed by atoms with Gasteiger partial charge in [-0.3, -0.25) is 4.79 Å². The number of nitrogens with zero attached hydrogens (tertiary/aromatic N) is 6. The minimum Gasteiger partial charge on any atom is -0.363 e. The van der Waals surface area contributed by atoms with Gasteiger partial charge in [0.15, 0.2) is 5.82 Å². The van der Waals surface area contributed by atoms with Crippen LogP contribution in [0.4, 0.5) is 5.82 Å². The first-order chi connectivity index (χ1) is 11.4. The van der Waals surface area contributed by atoms with Crippen molar-refractivity contribution in [1.29, 1.82) is 0 Å². The number of hydrogen-bond donors (Lipinski definition) is 0. The molecule has 1 aliphatic rings. The topological polar surface area (TPSA) is 75.1 Å². The number of carbonyl (C=O) groups excluding carboxylic acids is 1. The average molecular weight is 326 g/mol. The molecule has 1 fully saturated rings. The van der Waals surface area contributed by atoms with Crippen molar-refractivity contribution in [2.24, 2.45) is 0 Å². The van der Waals surface area contributed by atoms with Crippen molar-refractivity contribution >= 4 is 11.7 Å². The van der Waals surface area contributed by atoms with Crippen LogP contribution < -0.4 is 4.90 Å². The molecule has 2 aromatic rings. The van der Waals surface area contributed by atoms with Crippen LogP contribution in [0.25, 0.3) is 0 Å². The smallest absolute Gasteiger partial charge is 0.257 e. The molecule has 1 amide bonds. The third-order valence-corrected chi connectivity index (χ3v) is 4.47. The lowest BCUT2D eigenvalue weighted by atomic mass is 9.97. The molecule has 1 atom stereocenters.